The maximum absolute atomic E-state index is 12.1. The summed E-state index contributed by atoms with van der Waals surface area (Å²) >= 11 is 5.89. The maximum atomic E-state index is 12.1. The molecule has 14 heteroatoms. The number of hydrogen-bond donors (Lipinski definition) is 2. The highest BCUT2D eigenvalue weighted by molar-refractivity contribution is 6.40. The van der Waals surface area contributed by atoms with Crippen LogP contribution in [0.1, 0.15) is 5.56 Å². The summed E-state index contributed by atoms with van der Waals surface area (Å²) in [6, 6.07) is 13.5. The number of hydrogen-bond acceptors (Lipinski definition) is 9. The monoisotopic (exact) mass is 513 g/mol. The van der Waals surface area contributed by atoms with Crippen molar-refractivity contribution >= 4 is 46.7 Å². The fraction of sp³-hybridized carbons (Fsp3) is 0.0455. The molecule has 0 aliphatic rings. The Morgan fingerprint density at radius 1 is 0.944 bits per heavy atom. The van der Waals surface area contributed by atoms with Gasteiger partial charge in [-0.3, -0.25) is 29.8 Å². The van der Waals surface area contributed by atoms with Crippen molar-refractivity contribution in [2.24, 2.45) is 5.10 Å². The molecule has 0 spiro atoms. The molecule has 0 atom stereocenters. The van der Waals surface area contributed by atoms with E-state index in [1.165, 1.54) is 49.7 Å². The summed E-state index contributed by atoms with van der Waals surface area (Å²) in [7, 11) is 1.40. The minimum atomic E-state index is -1.04. The summed E-state index contributed by atoms with van der Waals surface area (Å²) in [6.45, 7) is 0. The smallest absolute Gasteiger partial charge is 0.329 e. The number of carbonyl (C=O) groups is 2. The lowest BCUT2D eigenvalue weighted by Crippen LogP contribution is -2.32. The second-order valence-corrected chi connectivity index (χ2v) is 7.27. The lowest BCUT2D eigenvalue weighted by atomic mass is 10.2. The number of non-ortho nitro benzene ring substituents is 1. The first-order valence-corrected chi connectivity index (χ1v) is 10.2. The number of amides is 2. The van der Waals surface area contributed by atoms with Crippen molar-refractivity contribution in [3.05, 3.63) is 91.5 Å². The molecule has 184 valence electrons. The van der Waals surface area contributed by atoms with Gasteiger partial charge in [-0.05, 0) is 54.1 Å². The van der Waals surface area contributed by atoms with Crippen molar-refractivity contribution in [1.29, 1.82) is 0 Å². The predicted molar refractivity (Wildman–Crippen MR) is 129 cm³/mol. The van der Waals surface area contributed by atoms with Gasteiger partial charge in [0.05, 0.1) is 34.9 Å². The number of benzene rings is 3. The zero-order valence-electron chi connectivity index (χ0n) is 18.3. The Hall–Kier alpha value is -5.04. The second kappa shape index (κ2) is 11.4. The first-order valence-electron chi connectivity index (χ1n) is 9.86. The molecule has 36 heavy (non-hydrogen) atoms. The van der Waals surface area contributed by atoms with Gasteiger partial charge in [0.2, 0.25) is 5.75 Å². The predicted octanol–water partition coefficient (Wildman–Crippen LogP) is 4.05. The van der Waals surface area contributed by atoms with Crippen LogP contribution in [-0.2, 0) is 9.59 Å². The van der Waals surface area contributed by atoms with Crippen LogP contribution in [-0.4, -0.2) is 35.0 Å². The number of nitrogens with one attached hydrogen (secondary N) is 2. The maximum Gasteiger partial charge on any atom is 0.329 e. The number of nitrogens with zero attached hydrogens (tertiary/aromatic N) is 3. The molecule has 2 N–H and O–H groups in total. The standard InChI is InChI=1S/C22H16ClN5O8/c1-35-19-8-4-14(23)10-17(19)25-21(29)22(30)26-24-12-13-2-6-16(7-3-13)36-20-9-5-15(27(31)32)11-18(20)28(33)34/h2-12H,1H3,(H,25,29)(H,26,30)/b24-12+. The van der Waals surface area contributed by atoms with Gasteiger partial charge in [0, 0.05) is 11.1 Å². The molecule has 0 aromatic heterocycles. The summed E-state index contributed by atoms with van der Waals surface area (Å²) in [5, 5.41) is 28.5. The zero-order chi connectivity index (χ0) is 26.2. The Labute approximate surface area is 207 Å². The first-order chi connectivity index (χ1) is 17.2. The van der Waals surface area contributed by atoms with E-state index in [1.807, 2.05) is 0 Å². The van der Waals surface area contributed by atoms with Crippen molar-refractivity contribution in [3.63, 3.8) is 0 Å². The van der Waals surface area contributed by atoms with Crippen LogP contribution in [0.4, 0.5) is 17.1 Å². The van der Waals surface area contributed by atoms with Gasteiger partial charge in [-0.25, -0.2) is 5.43 Å². The van der Waals surface area contributed by atoms with Gasteiger partial charge >= 0.3 is 17.5 Å². The topological polar surface area (TPSA) is 175 Å². The SMILES string of the molecule is COc1ccc(Cl)cc1NC(=O)C(=O)N/N=C/c1ccc(Oc2ccc([N+](=O)[O-])cc2[N+](=O)[O-])cc1. The van der Waals surface area contributed by atoms with Crippen LogP contribution in [0, 0.1) is 20.2 Å². The molecule has 13 nitrogen and oxygen atoms in total. The van der Waals surface area contributed by atoms with Gasteiger partial charge in [-0.1, -0.05) is 11.6 Å². The zero-order valence-corrected chi connectivity index (χ0v) is 19.1. The summed E-state index contributed by atoms with van der Waals surface area (Å²) in [5.41, 5.74) is 1.77. The minimum Gasteiger partial charge on any atom is -0.495 e. The molecule has 0 unspecified atom stereocenters. The Morgan fingerprint density at radius 3 is 2.28 bits per heavy atom. The third-order valence-corrected chi connectivity index (χ3v) is 4.69. The second-order valence-electron chi connectivity index (χ2n) is 6.84. The molecule has 0 fully saturated rings. The van der Waals surface area contributed by atoms with Crippen LogP contribution >= 0.6 is 11.6 Å². The molecule has 0 aliphatic heterocycles. The largest absolute Gasteiger partial charge is 0.495 e. The molecule has 0 aliphatic carbocycles. The number of methoxy groups -OCH3 is 1. The van der Waals surface area contributed by atoms with E-state index in [0.717, 1.165) is 18.2 Å². The normalized spacial score (nSPS) is 10.5. The lowest BCUT2D eigenvalue weighted by molar-refractivity contribution is -0.394. The number of hydrazone groups is 1. The highest BCUT2D eigenvalue weighted by atomic mass is 35.5. The van der Waals surface area contributed by atoms with Crippen molar-refractivity contribution in [2.75, 3.05) is 12.4 Å². The van der Waals surface area contributed by atoms with Crippen LogP contribution < -0.4 is 20.2 Å². The first kappa shape index (κ1) is 25.6. The number of carbonyl (C=O) groups excluding carboxylic acids is 2. The Balaban J connectivity index is 1.61. The van der Waals surface area contributed by atoms with E-state index in [9.17, 15) is 29.8 Å². The summed E-state index contributed by atoms with van der Waals surface area (Å²) in [6.07, 6.45) is 1.25. The number of nitro benzene ring substituents is 2. The quantitative estimate of drug-likeness (QED) is 0.196. The van der Waals surface area contributed by atoms with E-state index < -0.39 is 33.0 Å². The number of rotatable bonds is 8. The van der Waals surface area contributed by atoms with Gasteiger partial charge < -0.3 is 14.8 Å². The van der Waals surface area contributed by atoms with Crippen LogP contribution in [0.2, 0.25) is 5.02 Å². The van der Waals surface area contributed by atoms with E-state index >= 15 is 0 Å². The lowest BCUT2D eigenvalue weighted by Gasteiger charge is -2.09. The fourth-order valence-electron chi connectivity index (χ4n) is 2.77. The highest BCUT2D eigenvalue weighted by Crippen LogP contribution is 2.34. The molecule has 3 aromatic carbocycles. The van der Waals surface area contributed by atoms with E-state index in [-0.39, 0.29) is 17.2 Å². The molecule has 0 bridgehead atoms. The van der Waals surface area contributed by atoms with Crippen LogP contribution in [0.3, 0.4) is 0 Å². The van der Waals surface area contributed by atoms with Crippen LogP contribution in [0.5, 0.6) is 17.2 Å². The van der Waals surface area contributed by atoms with E-state index in [2.05, 4.69) is 15.8 Å². The van der Waals surface area contributed by atoms with Gasteiger partial charge in [0.25, 0.3) is 5.69 Å². The van der Waals surface area contributed by atoms with E-state index in [4.69, 9.17) is 21.1 Å². The van der Waals surface area contributed by atoms with Crippen molar-refractivity contribution < 1.29 is 28.9 Å². The number of ether oxygens (including phenoxy) is 2. The molecule has 3 rings (SSSR count). The molecule has 0 saturated carbocycles. The Kier molecular flexibility index (Phi) is 8.10. The molecule has 0 saturated heterocycles. The summed E-state index contributed by atoms with van der Waals surface area (Å²) < 4.78 is 10.6. The van der Waals surface area contributed by atoms with Crippen molar-refractivity contribution in [1.82, 2.24) is 5.43 Å². The molecule has 2 amide bonds. The highest BCUT2D eigenvalue weighted by Gasteiger charge is 2.21. The molecule has 0 heterocycles. The molecule has 0 radical (unpaired) electrons. The fourth-order valence-corrected chi connectivity index (χ4v) is 2.94. The molecular formula is C22H16ClN5O8. The van der Waals surface area contributed by atoms with Gasteiger partial charge in [0.1, 0.15) is 11.5 Å². The summed E-state index contributed by atoms with van der Waals surface area (Å²) in [4.78, 5) is 44.6. The van der Waals surface area contributed by atoms with Crippen molar-refractivity contribution in [3.8, 4) is 17.2 Å². The van der Waals surface area contributed by atoms with Gasteiger partial charge in [0.15, 0.2) is 0 Å². The van der Waals surface area contributed by atoms with Crippen LogP contribution in [0.15, 0.2) is 65.8 Å². The Morgan fingerprint density at radius 2 is 1.64 bits per heavy atom. The third-order valence-electron chi connectivity index (χ3n) is 4.45. The summed E-state index contributed by atoms with van der Waals surface area (Å²) in [5.74, 6) is -1.70. The van der Waals surface area contributed by atoms with Crippen molar-refractivity contribution in [2.45, 2.75) is 0 Å². The Bertz CT molecular complexity index is 1360. The van der Waals surface area contributed by atoms with Gasteiger partial charge in [-0.2, -0.15) is 5.10 Å². The average molecular weight is 514 g/mol. The van der Waals surface area contributed by atoms with E-state index in [0.29, 0.717) is 16.3 Å². The minimum absolute atomic E-state index is 0.179. The number of halogens is 1. The van der Waals surface area contributed by atoms with Crippen LogP contribution in [0.25, 0.3) is 0 Å². The molecular weight excluding hydrogens is 498 g/mol. The average Bonchev–Trinajstić information content (AvgIpc) is 2.85. The van der Waals surface area contributed by atoms with E-state index in [1.54, 1.807) is 6.07 Å². The third kappa shape index (κ3) is 6.51. The number of anilines is 1. The number of nitro groups is 2. The van der Waals surface area contributed by atoms with Gasteiger partial charge in [-0.15, -0.1) is 0 Å². The molecule has 3 aromatic rings.